The van der Waals surface area contributed by atoms with Crippen molar-refractivity contribution in [3.8, 4) is 11.4 Å². The molecule has 4 heterocycles. The maximum atomic E-state index is 12.5. The van der Waals surface area contributed by atoms with Crippen molar-refractivity contribution in [2.75, 3.05) is 33.2 Å². The molecule has 0 unspecified atom stereocenters. The highest BCUT2D eigenvalue weighted by Crippen LogP contribution is 2.50. The van der Waals surface area contributed by atoms with Crippen LogP contribution in [0.1, 0.15) is 62.3 Å². The highest BCUT2D eigenvalue weighted by atomic mass is 16.3. The van der Waals surface area contributed by atoms with Crippen LogP contribution in [0.4, 0.5) is 0 Å². The second-order valence-corrected chi connectivity index (χ2v) is 11.4. The van der Waals surface area contributed by atoms with Gasteiger partial charge in [-0.15, -0.1) is 0 Å². The number of hydrogen-bond donors (Lipinski definition) is 1. The van der Waals surface area contributed by atoms with E-state index in [1.54, 1.807) is 19.3 Å². The standard InChI is InChI=1S/C31H37N5O2/c1-21(2)23-6-8-27(9-7-23)31(38,30(4)19-35(5)20-30)28-14-25(15-32-18-28)29-33-16-26(17-34-29)24-10-12-36(13-11-24)22(3)37/h6-10,14-18,21,38H,11-13,19-20H2,1-5H3/t31-/m0/s1. The molecule has 1 amide bonds. The first-order chi connectivity index (χ1) is 18.1. The summed E-state index contributed by atoms with van der Waals surface area (Å²) in [6.07, 6.45) is 10.1. The molecule has 0 spiro atoms. The molecular formula is C31H37N5O2. The van der Waals surface area contributed by atoms with Gasteiger partial charge in [-0.25, -0.2) is 9.97 Å². The Bertz CT molecular complexity index is 1340. The van der Waals surface area contributed by atoms with Gasteiger partial charge in [0.1, 0.15) is 5.60 Å². The number of aliphatic hydroxyl groups is 1. The zero-order valence-electron chi connectivity index (χ0n) is 23.0. The van der Waals surface area contributed by atoms with Crippen molar-refractivity contribution >= 4 is 11.5 Å². The number of hydrogen-bond acceptors (Lipinski definition) is 6. The summed E-state index contributed by atoms with van der Waals surface area (Å²) in [6, 6.07) is 10.3. The summed E-state index contributed by atoms with van der Waals surface area (Å²) in [5.74, 6) is 1.08. The molecule has 0 aliphatic carbocycles. The second-order valence-electron chi connectivity index (χ2n) is 11.4. The number of amides is 1. The fourth-order valence-electron chi connectivity index (χ4n) is 5.97. The Balaban J connectivity index is 1.47. The van der Waals surface area contributed by atoms with E-state index in [1.807, 2.05) is 23.4 Å². The third-order valence-corrected chi connectivity index (χ3v) is 8.20. The first kappa shape index (κ1) is 26.2. The average Bonchev–Trinajstić information content (AvgIpc) is 2.92. The van der Waals surface area contributed by atoms with Crippen molar-refractivity contribution in [1.29, 1.82) is 0 Å². The quantitative estimate of drug-likeness (QED) is 0.525. The van der Waals surface area contributed by atoms with E-state index in [0.29, 0.717) is 24.8 Å². The second kappa shape index (κ2) is 10.0. The van der Waals surface area contributed by atoms with Crippen LogP contribution in [0.15, 0.2) is 61.2 Å². The van der Waals surface area contributed by atoms with E-state index in [9.17, 15) is 9.90 Å². The normalized spacial score (nSPS) is 19.0. The molecule has 1 saturated heterocycles. The highest BCUT2D eigenvalue weighted by Gasteiger charge is 2.55. The molecule has 2 aliphatic heterocycles. The summed E-state index contributed by atoms with van der Waals surface area (Å²) in [6.45, 7) is 11.0. The predicted molar refractivity (Wildman–Crippen MR) is 149 cm³/mol. The van der Waals surface area contributed by atoms with Crippen LogP contribution in [0.2, 0.25) is 0 Å². The first-order valence-electron chi connectivity index (χ1n) is 13.3. The highest BCUT2D eigenvalue weighted by molar-refractivity contribution is 5.76. The van der Waals surface area contributed by atoms with Gasteiger partial charge in [0.25, 0.3) is 0 Å². The van der Waals surface area contributed by atoms with Crippen LogP contribution in [0.5, 0.6) is 0 Å². The topological polar surface area (TPSA) is 82.5 Å². The summed E-state index contributed by atoms with van der Waals surface area (Å²) in [4.78, 5) is 29.5. The Labute approximate surface area is 225 Å². The van der Waals surface area contributed by atoms with E-state index in [0.717, 1.165) is 47.3 Å². The third-order valence-electron chi connectivity index (χ3n) is 8.20. The Morgan fingerprint density at radius 3 is 2.26 bits per heavy atom. The third kappa shape index (κ3) is 4.65. The monoisotopic (exact) mass is 511 g/mol. The number of nitrogens with zero attached hydrogens (tertiary/aromatic N) is 5. The molecule has 3 aromatic rings. The van der Waals surface area contributed by atoms with Gasteiger partial charge in [0.15, 0.2) is 5.82 Å². The van der Waals surface area contributed by atoms with Crippen molar-refractivity contribution in [1.82, 2.24) is 24.8 Å². The van der Waals surface area contributed by atoms with E-state index in [4.69, 9.17) is 0 Å². The van der Waals surface area contributed by atoms with Crippen LogP contribution in [0, 0.1) is 5.41 Å². The van der Waals surface area contributed by atoms with Gasteiger partial charge in [0.05, 0.1) is 0 Å². The van der Waals surface area contributed by atoms with Crippen molar-refractivity contribution in [2.45, 2.75) is 45.6 Å². The van der Waals surface area contributed by atoms with Crippen molar-refractivity contribution < 1.29 is 9.90 Å². The van der Waals surface area contributed by atoms with Gasteiger partial charge in [0.2, 0.25) is 5.91 Å². The van der Waals surface area contributed by atoms with Crippen LogP contribution in [0.25, 0.3) is 17.0 Å². The van der Waals surface area contributed by atoms with Crippen LogP contribution in [-0.4, -0.2) is 69.0 Å². The minimum Gasteiger partial charge on any atom is -0.380 e. The van der Waals surface area contributed by atoms with Crippen molar-refractivity contribution in [3.05, 3.63) is 83.4 Å². The Morgan fingerprint density at radius 2 is 1.71 bits per heavy atom. The van der Waals surface area contributed by atoms with Crippen LogP contribution < -0.4 is 0 Å². The molecule has 0 bridgehead atoms. The molecule has 1 atom stereocenters. The molecule has 1 aromatic carbocycles. The van der Waals surface area contributed by atoms with Gasteiger partial charge < -0.3 is 14.9 Å². The predicted octanol–water partition coefficient (Wildman–Crippen LogP) is 4.49. The number of benzene rings is 1. The molecule has 1 fully saturated rings. The van der Waals surface area contributed by atoms with Gasteiger partial charge >= 0.3 is 0 Å². The molecule has 0 radical (unpaired) electrons. The number of aromatic nitrogens is 3. The smallest absolute Gasteiger partial charge is 0.219 e. The lowest BCUT2D eigenvalue weighted by atomic mass is 9.62. The lowest BCUT2D eigenvalue weighted by Gasteiger charge is -2.55. The fourth-order valence-corrected chi connectivity index (χ4v) is 5.97. The van der Waals surface area contributed by atoms with Gasteiger partial charge in [-0.2, -0.15) is 0 Å². The minimum absolute atomic E-state index is 0.0949. The van der Waals surface area contributed by atoms with Gasteiger partial charge in [-0.05, 0) is 42.2 Å². The zero-order chi connectivity index (χ0) is 27.1. The van der Waals surface area contributed by atoms with E-state index in [-0.39, 0.29) is 11.3 Å². The fraction of sp³-hybridized carbons (Fsp3) is 0.419. The summed E-state index contributed by atoms with van der Waals surface area (Å²) >= 11 is 0. The van der Waals surface area contributed by atoms with E-state index in [1.165, 1.54) is 5.56 Å². The maximum absolute atomic E-state index is 12.5. The van der Waals surface area contributed by atoms with Gasteiger partial charge in [0, 0.05) is 80.0 Å². The molecule has 7 nitrogen and oxygen atoms in total. The molecule has 38 heavy (non-hydrogen) atoms. The summed E-state index contributed by atoms with van der Waals surface area (Å²) in [5, 5.41) is 12.5. The summed E-state index contributed by atoms with van der Waals surface area (Å²) in [7, 11) is 2.08. The SMILES string of the molecule is CC(=O)N1CC=C(c2cnc(-c3cncc([C@@](O)(c4ccc(C(C)C)cc4)C4(C)CN(C)C4)c3)nc2)CC1. The lowest BCUT2D eigenvalue weighted by molar-refractivity contribution is -0.128. The van der Waals surface area contributed by atoms with Gasteiger partial charge in [-0.3, -0.25) is 9.78 Å². The van der Waals surface area contributed by atoms with Crippen molar-refractivity contribution in [3.63, 3.8) is 0 Å². The molecule has 2 aromatic heterocycles. The van der Waals surface area contributed by atoms with E-state index in [2.05, 4.69) is 78.0 Å². The number of carbonyl (C=O) groups is 1. The maximum Gasteiger partial charge on any atom is 0.219 e. The molecule has 2 aliphatic rings. The van der Waals surface area contributed by atoms with Crippen LogP contribution >= 0.6 is 0 Å². The first-order valence-corrected chi connectivity index (χ1v) is 13.3. The van der Waals surface area contributed by atoms with Crippen LogP contribution in [0.3, 0.4) is 0 Å². The lowest BCUT2D eigenvalue weighted by Crippen LogP contribution is -2.63. The number of likely N-dealkylation sites (tertiary alicyclic amines) is 1. The summed E-state index contributed by atoms with van der Waals surface area (Å²) < 4.78 is 0. The number of carbonyl (C=O) groups excluding carboxylic acids is 1. The van der Waals surface area contributed by atoms with Crippen molar-refractivity contribution in [2.24, 2.45) is 5.41 Å². The number of rotatable bonds is 6. The molecule has 198 valence electrons. The Kier molecular flexibility index (Phi) is 6.92. The molecular weight excluding hydrogens is 474 g/mol. The Hall–Kier alpha value is -3.42. The summed E-state index contributed by atoms with van der Waals surface area (Å²) in [5.41, 5.74) is 4.17. The molecule has 0 saturated carbocycles. The molecule has 5 rings (SSSR count). The van der Waals surface area contributed by atoms with Crippen LogP contribution in [-0.2, 0) is 10.4 Å². The minimum atomic E-state index is -1.21. The molecule has 1 N–H and O–H groups in total. The number of pyridine rings is 1. The average molecular weight is 512 g/mol. The zero-order valence-corrected chi connectivity index (χ0v) is 23.0. The van der Waals surface area contributed by atoms with E-state index >= 15 is 0 Å². The van der Waals surface area contributed by atoms with E-state index < -0.39 is 5.60 Å². The molecule has 7 heteroatoms. The van der Waals surface area contributed by atoms with Gasteiger partial charge in [-0.1, -0.05) is 51.1 Å². The largest absolute Gasteiger partial charge is 0.380 e. The Morgan fingerprint density at radius 1 is 1.03 bits per heavy atom.